The van der Waals surface area contributed by atoms with Gasteiger partial charge in [0, 0.05) is 37.9 Å². The number of rotatable bonds is 8. The molecule has 3 rings (SSSR count). The van der Waals surface area contributed by atoms with Gasteiger partial charge in [-0.25, -0.2) is 0 Å². The van der Waals surface area contributed by atoms with Gasteiger partial charge in [-0.1, -0.05) is 68.7 Å². The summed E-state index contributed by atoms with van der Waals surface area (Å²) in [5.41, 5.74) is 2.36. The molecule has 150 valence electrons. The number of hydrogen-bond acceptors (Lipinski definition) is 5. The number of aryl methyl sites for hydroxylation is 1. The van der Waals surface area contributed by atoms with Crippen molar-refractivity contribution in [2.24, 2.45) is 0 Å². The Hall–Kier alpha value is -2.82. The molecule has 0 radical (unpaired) electrons. The molecule has 0 aliphatic rings. The molecule has 0 saturated heterocycles. The Morgan fingerprint density at radius 1 is 0.821 bits per heavy atom. The lowest BCUT2D eigenvalue weighted by molar-refractivity contribution is 0.371. The van der Waals surface area contributed by atoms with E-state index in [-0.39, 0.29) is 0 Å². The quantitative estimate of drug-likeness (QED) is 0.538. The smallest absolute Gasteiger partial charge is 0.246 e. The monoisotopic (exact) mass is 380 g/mol. The summed E-state index contributed by atoms with van der Waals surface area (Å²) in [6.45, 7) is 8.64. The van der Waals surface area contributed by atoms with Crippen LogP contribution in [0.5, 0.6) is 0 Å². The molecule has 28 heavy (non-hydrogen) atoms. The van der Waals surface area contributed by atoms with Gasteiger partial charge in [0.2, 0.25) is 5.89 Å². The average molecular weight is 381 g/mol. The van der Waals surface area contributed by atoms with Crippen molar-refractivity contribution in [1.29, 1.82) is 0 Å². The highest BCUT2D eigenvalue weighted by Crippen LogP contribution is 2.17. The summed E-state index contributed by atoms with van der Waals surface area (Å²) in [7, 11) is 2.11. The molecule has 0 saturated carbocycles. The van der Waals surface area contributed by atoms with E-state index in [0.29, 0.717) is 12.4 Å². The first-order valence-corrected chi connectivity index (χ1v) is 10.1. The fourth-order valence-corrected chi connectivity index (χ4v) is 2.68. The van der Waals surface area contributed by atoms with E-state index in [1.165, 1.54) is 12.1 Å². The molecule has 0 atom stereocenters. The summed E-state index contributed by atoms with van der Waals surface area (Å²) >= 11 is 0. The molecule has 5 nitrogen and oxygen atoms in total. The Kier molecular flexibility index (Phi) is 9.05. The summed E-state index contributed by atoms with van der Waals surface area (Å²) in [4.78, 5) is 8.97. The Balaban J connectivity index is 0.000000878. The lowest BCUT2D eigenvalue weighted by Crippen LogP contribution is -2.33. The standard InChI is InChI=1S/C20H24N4O.C3H8/c1-3-19-21-20(25-22-19)16-24(18-12-8-5-9-13-18)15-14-23(2)17-10-6-4-7-11-17;1-3-2/h4-13H,3,14-16H2,1-2H3;3H2,1-2H3. The predicted octanol–water partition coefficient (Wildman–Crippen LogP) is 5.19. The first-order chi connectivity index (χ1) is 13.7. The lowest BCUT2D eigenvalue weighted by Gasteiger charge is -2.27. The molecule has 5 heteroatoms. The van der Waals surface area contributed by atoms with Gasteiger partial charge in [-0.05, 0) is 24.3 Å². The Morgan fingerprint density at radius 3 is 1.93 bits per heavy atom. The van der Waals surface area contributed by atoms with Crippen LogP contribution in [0.2, 0.25) is 0 Å². The molecule has 0 fully saturated rings. The van der Waals surface area contributed by atoms with Gasteiger partial charge in [-0.15, -0.1) is 0 Å². The molecule has 0 spiro atoms. The zero-order chi connectivity index (χ0) is 20.2. The fourth-order valence-electron chi connectivity index (χ4n) is 2.68. The summed E-state index contributed by atoms with van der Waals surface area (Å²) < 4.78 is 5.38. The van der Waals surface area contributed by atoms with Crippen molar-refractivity contribution in [2.75, 3.05) is 29.9 Å². The van der Waals surface area contributed by atoms with Gasteiger partial charge >= 0.3 is 0 Å². The molecule has 1 aromatic heterocycles. The average Bonchev–Trinajstić information content (AvgIpc) is 3.20. The van der Waals surface area contributed by atoms with Crippen LogP contribution in [0, 0.1) is 0 Å². The second kappa shape index (κ2) is 11.8. The van der Waals surface area contributed by atoms with Crippen molar-refractivity contribution in [3.05, 3.63) is 72.4 Å². The molecule has 0 amide bonds. The molecule has 0 aliphatic heterocycles. The van der Waals surface area contributed by atoms with E-state index in [2.05, 4.69) is 89.4 Å². The topological polar surface area (TPSA) is 45.4 Å². The van der Waals surface area contributed by atoms with Crippen LogP contribution in [0.15, 0.2) is 65.2 Å². The first-order valence-electron chi connectivity index (χ1n) is 10.1. The molecule has 0 bridgehead atoms. The number of benzene rings is 2. The molecule has 0 unspecified atom stereocenters. The van der Waals surface area contributed by atoms with Crippen LogP contribution in [0.25, 0.3) is 0 Å². The van der Waals surface area contributed by atoms with E-state index in [1.807, 2.05) is 19.1 Å². The minimum absolute atomic E-state index is 0.611. The third kappa shape index (κ3) is 6.72. The minimum Gasteiger partial charge on any atom is -0.373 e. The lowest BCUT2D eigenvalue weighted by atomic mass is 10.2. The number of aromatic nitrogens is 2. The first kappa shape index (κ1) is 21.5. The molecule has 0 aliphatic carbocycles. The molecule has 0 N–H and O–H groups in total. The molecular formula is C23H32N4O. The summed E-state index contributed by atoms with van der Waals surface area (Å²) in [6, 6.07) is 20.8. The van der Waals surface area contributed by atoms with Crippen LogP contribution in [-0.4, -0.2) is 30.3 Å². The third-order valence-corrected chi connectivity index (χ3v) is 4.18. The maximum Gasteiger partial charge on any atom is 0.246 e. The van der Waals surface area contributed by atoms with E-state index >= 15 is 0 Å². The zero-order valence-electron chi connectivity index (χ0n) is 17.5. The molecule has 2 aromatic carbocycles. The summed E-state index contributed by atoms with van der Waals surface area (Å²) in [5, 5.41) is 4.00. The van der Waals surface area contributed by atoms with Gasteiger partial charge in [0.15, 0.2) is 5.82 Å². The predicted molar refractivity (Wildman–Crippen MR) is 117 cm³/mol. The van der Waals surface area contributed by atoms with Gasteiger partial charge in [0.25, 0.3) is 0 Å². The van der Waals surface area contributed by atoms with Crippen LogP contribution in [0.3, 0.4) is 0 Å². The number of nitrogens with zero attached hydrogens (tertiary/aromatic N) is 4. The zero-order valence-corrected chi connectivity index (χ0v) is 17.5. The third-order valence-electron chi connectivity index (χ3n) is 4.18. The van der Waals surface area contributed by atoms with Gasteiger partial charge in [-0.2, -0.15) is 4.98 Å². The van der Waals surface area contributed by atoms with Crippen molar-refractivity contribution in [3.8, 4) is 0 Å². The maximum atomic E-state index is 5.38. The number of hydrogen-bond donors (Lipinski definition) is 0. The Labute approximate surface area is 169 Å². The number of para-hydroxylation sites is 2. The van der Waals surface area contributed by atoms with E-state index in [4.69, 9.17) is 4.52 Å². The second-order valence-corrected chi connectivity index (χ2v) is 6.68. The highest BCUT2D eigenvalue weighted by atomic mass is 16.5. The highest BCUT2D eigenvalue weighted by molar-refractivity contribution is 5.48. The van der Waals surface area contributed by atoms with Gasteiger partial charge in [-0.3, -0.25) is 0 Å². The fraction of sp³-hybridized carbons (Fsp3) is 0.391. The van der Waals surface area contributed by atoms with E-state index in [1.54, 1.807) is 0 Å². The highest BCUT2D eigenvalue weighted by Gasteiger charge is 2.13. The van der Waals surface area contributed by atoms with Crippen molar-refractivity contribution >= 4 is 11.4 Å². The number of anilines is 2. The van der Waals surface area contributed by atoms with Gasteiger partial charge < -0.3 is 14.3 Å². The normalized spacial score (nSPS) is 10.1. The van der Waals surface area contributed by atoms with Crippen molar-refractivity contribution in [3.63, 3.8) is 0 Å². The van der Waals surface area contributed by atoms with E-state index < -0.39 is 0 Å². The van der Waals surface area contributed by atoms with Crippen LogP contribution < -0.4 is 9.80 Å². The Morgan fingerprint density at radius 2 is 1.39 bits per heavy atom. The molecule has 1 heterocycles. The molecular weight excluding hydrogens is 348 g/mol. The number of likely N-dealkylation sites (N-methyl/N-ethyl adjacent to an activating group) is 1. The van der Waals surface area contributed by atoms with Crippen LogP contribution in [-0.2, 0) is 13.0 Å². The van der Waals surface area contributed by atoms with Gasteiger partial charge in [0.05, 0.1) is 6.54 Å². The van der Waals surface area contributed by atoms with Crippen LogP contribution in [0.1, 0.15) is 38.9 Å². The van der Waals surface area contributed by atoms with Crippen LogP contribution in [0.4, 0.5) is 11.4 Å². The van der Waals surface area contributed by atoms with E-state index in [9.17, 15) is 0 Å². The van der Waals surface area contributed by atoms with Crippen molar-refractivity contribution in [1.82, 2.24) is 10.1 Å². The van der Waals surface area contributed by atoms with Crippen LogP contribution >= 0.6 is 0 Å². The van der Waals surface area contributed by atoms with E-state index in [0.717, 1.165) is 31.0 Å². The SMILES string of the molecule is CCC.CCc1noc(CN(CCN(C)c2ccccc2)c2ccccc2)n1. The van der Waals surface area contributed by atoms with Gasteiger partial charge in [0.1, 0.15) is 0 Å². The maximum absolute atomic E-state index is 5.38. The summed E-state index contributed by atoms with van der Waals surface area (Å²) in [5.74, 6) is 1.41. The van der Waals surface area contributed by atoms with Crippen molar-refractivity contribution in [2.45, 2.75) is 40.2 Å². The van der Waals surface area contributed by atoms with Crippen molar-refractivity contribution < 1.29 is 4.52 Å². The summed E-state index contributed by atoms with van der Waals surface area (Å²) in [6.07, 6.45) is 2.03. The largest absolute Gasteiger partial charge is 0.373 e. The molecule has 3 aromatic rings. The second-order valence-electron chi connectivity index (χ2n) is 6.68. The Bertz CT molecular complexity index is 774. The minimum atomic E-state index is 0.611.